The highest BCUT2D eigenvalue weighted by molar-refractivity contribution is 7.20. The van der Waals surface area contributed by atoms with Gasteiger partial charge in [0.2, 0.25) is 0 Å². The zero-order chi connectivity index (χ0) is 14.1. The van der Waals surface area contributed by atoms with Crippen molar-refractivity contribution in [1.29, 1.82) is 0 Å². The minimum atomic E-state index is -0.260. The Kier molecular flexibility index (Phi) is 5.19. The normalized spacial score (nSPS) is 16.0. The largest absolute Gasteiger partial charge is 0.338 e. The van der Waals surface area contributed by atoms with Crippen molar-refractivity contribution in [3.8, 4) is 0 Å². The van der Waals surface area contributed by atoms with Crippen LogP contribution in [0.15, 0.2) is 24.3 Å². The minimum absolute atomic E-state index is 0. The maximum absolute atomic E-state index is 13.2. The van der Waals surface area contributed by atoms with Gasteiger partial charge in [0, 0.05) is 23.8 Å². The molecule has 1 aliphatic heterocycles. The number of thiophene rings is 1. The molecule has 1 aromatic heterocycles. The fourth-order valence-electron chi connectivity index (χ4n) is 2.65. The molecule has 1 fully saturated rings. The van der Waals surface area contributed by atoms with E-state index in [2.05, 4.69) is 5.32 Å². The van der Waals surface area contributed by atoms with Crippen molar-refractivity contribution in [3.05, 3.63) is 35.0 Å². The first-order chi connectivity index (χ1) is 9.67. The maximum Gasteiger partial charge on any atom is 0.263 e. The van der Waals surface area contributed by atoms with Crippen molar-refractivity contribution < 1.29 is 9.18 Å². The number of likely N-dealkylation sites (tertiary alicyclic amines) is 1. The predicted octanol–water partition coefficient (Wildman–Crippen LogP) is 3.29. The molecule has 0 unspecified atom stereocenters. The number of rotatable bonds is 2. The lowest BCUT2D eigenvalue weighted by atomic mass is 10.1. The number of benzene rings is 1. The first-order valence-electron chi connectivity index (χ1n) is 6.83. The van der Waals surface area contributed by atoms with Crippen molar-refractivity contribution in [1.82, 2.24) is 10.2 Å². The lowest BCUT2D eigenvalue weighted by Gasteiger charge is -2.31. The average Bonchev–Trinajstić information content (AvgIpc) is 2.89. The zero-order valence-corrected chi connectivity index (χ0v) is 13.4. The van der Waals surface area contributed by atoms with Gasteiger partial charge in [-0.3, -0.25) is 4.79 Å². The van der Waals surface area contributed by atoms with Gasteiger partial charge in [0.05, 0.1) is 4.88 Å². The molecule has 3 rings (SSSR count). The highest BCUT2D eigenvalue weighted by Gasteiger charge is 2.23. The molecule has 0 aliphatic carbocycles. The molecular formula is C15H18ClFN2OS. The van der Waals surface area contributed by atoms with Crippen LogP contribution in [0.3, 0.4) is 0 Å². The SMILES string of the molecule is CNC1CCN(C(=O)c2cc3cc(F)ccc3s2)CC1.Cl. The van der Waals surface area contributed by atoms with Crippen LogP contribution >= 0.6 is 23.7 Å². The van der Waals surface area contributed by atoms with Crippen LogP contribution in [0.1, 0.15) is 22.5 Å². The second kappa shape index (κ2) is 6.73. The van der Waals surface area contributed by atoms with E-state index >= 15 is 0 Å². The Labute approximate surface area is 133 Å². The molecular weight excluding hydrogens is 311 g/mol. The number of nitrogens with one attached hydrogen (secondary N) is 1. The first-order valence-corrected chi connectivity index (χ1v) is 7.64. The molecule has 2 aromatic rings. The monoisotopic (exact) mass is 328 g/mol. The number of nitrogens with zero attached hydrogens (tertiary/aromatic N) is 1. The summed E-state index contributed by atoms with van der Waals surface area (Å²) in [5.41, 5.74) is 0. The van der Waals surface area contributed by atoms with Crippen LogP contribution < -0.4 is 5.32 Å². The van der Waals surface area contributed by atoms with Gasteiger partial charge in [0.15, 0.2) is 0 Å². The van der Waals surface area contributed by atoms with E-state index in [0.29, 0.717) is 10.9 Å². The number of amides is 1. The third kappa shape index (κ3) is 3.36. The van der Waals surface area contributed by atoms with Gasteiger partial charge in [0.25, 0.3) is 5.91 Å². The minimum Gasteiger partial charge on any atom is -0.338 e. The molecule has 0 bridgehead atoms. The van der Waals surface area contributed by atoms with Crippen LogP contribution in [0, 0.1) is 5.82 Å². The summed E-state index contributed by atoms with van der Waals surface area (Å²) in [6.07, 6.45) is 1.98. The smallest absolute Gasteiger partial charge is 0.263 e. The summed E-state index contributed by atoms with van der Waals surface area (Å²) in [6, 6.07) is 6.96. The van der Waals surface area contributed by atoms with Crippen LogP contribution in [0.2, 0.25) is 0 Å². The van der Waals surface area contributed by atoms with Gasteiger partial charge in [-0.15, -0.1) is 23.7 Å². The summed E-state index contributed by atoms with van der Waals surface area (Å²) in [7, 11) is 1.96. The van der Waals surface area contributed by atoms with Crippen LogP contribution in [0.4, 0.5) is 4.39 Å². The summed E-state index contributed by atoms with van der Waals surface area (Å²) in [5, 5.41) is 4.06. The second-order valence-electron chi connectivity index (χ2n) is 5.15. The predicted molar refractivity (Wildman–Crippen MR) is 87.0 cm³/mol. The Morgan fingerprint density at radius 2 is 2.05 bits per heavy atom. The molecule has 6 heteroatoms. The fraction of sp³-hybridized carbons (Fsp3) is 0.400. The highest BCUT2D eigenvalue weighted by Crippen LogP contribution is 2.28. The van der Waals surface area contributed by atoms with E-state index in [9.17, 15) is 9.18 Å². The standard InChI is InChI=1S/C15H17FN2OS.ClH/c1-17-12-4-6-18(7-5-12)15(19)14-9-10-8-11(16)2-3-13(10)20-14;/h2-3,8-9,12,17H,4-7H2,1H3;1H. The van der Waals surface area contributed by atoms with Crippen LogP contribution in [0.5, 0.6) is 0 Å². The number of hydrogen-bond acceptors (Lipinski definition) is 3. The molecule has 21 heavy (non-hydrogen) atoms. The van der Waals surface area contributed by atoms with Gasteiger partial charge >= 0.3 is 0 Å². The maximum atomic E-state index is 13.2. The van der Waals surface area contributed by atoms with Crippen molar-refractivity contribution in [2.24, 2.45) is 0 Å². The first kappa shape index (κ1) is 16.2. The van der Waals surface area contributed by atoms with Crippen molar-refractivity contribution in [2.75, 3.05) is 20.1 Å². The summed E-state index contributed by atoms with van der Waals surface area (Å²) in [5.74, 6) is -0.190. The lowest BCUT2D eigenvalue weighted by molar-refractivity contribution is 0.0712. The molecule has 0 atom stereocenters. The molecule has 1 aromatic carbocycles. The molecule has 2 heterocycles. The number of piperidine rings is 1. The Balaban J connectivity index is 0.00000161. The van der Waals surface area contributed by atoms with Gasteiger partial charge in [-0.05, 0) is 49.5 Å². The van der Waals surface area contributed by atoms with E-state index in [0.717, 1.165) is 36.0 Å². The van der Waals surface area contributed by atoms with Gasteiger partial charge in [-0.25, -0.2) is 4.39 Å². The van der Waals surface area contributed by atoms with E-state index < -0.39 is 0 Å². The molecule has 0 spiro atoms. The third-order valence-corrected chi connectivity index (χ3v) is 4.98. The van der Waals surface area contributed by atoms with E-state index in [1.165, 1.54) is 23.5 Å². The molecule has 0 radical (unpaired) electrons. The van der Waals surface area contributed by atoms with Gasteiger partial charge in [-0.2, -0.15) is 0 Å². The molecule has 1 saturated heterocycles. The van der Waals surface area contributed by atoms with E-state index in [4.69, 9.17) is 0 Å². The summed E-state index contributed by atoms with van der Waals surface area (Å²) >= 11 is 1.44. The van der Waals surface area contributed by atoms with Gasteiger partial charge in [0.1, 0.15) is 5.82 Å². The topological polar surface area (TPSA) is 32.3 Å². The average molecular weight is 329 g/mol. The zero-order valence-electron chi connectivity index (χ0n) is 11.8. The van der Waals surface area contributed by atoms with Crippen molar-refractivity contribution in [3.63, 3.8) is 0 Å². The van der Waals surface area contributed by atoms with Crippen LogP contribution in [-0.2, 0) is 0 Å². The Bertz CT molecular complexity index is 638. The second-order valence-corrected chi connectivity index (χ2v) is 6.23. The molecule has 0 saturated carbocycles. The number of carbonyl (C=O) groups excluding carboxylic acids is 1. The van der Waals surface area contributed by atoms with Gasteiger partial charge in [-0.1, -0.05) is 0 Å². The van der Waals surface area contributed by atoms with Crippen molar-refractivity contribution in [2.45, 2.75) is 18.9 Å². The molecule has 3 nitrogen and oxygen atoms in total. The van der Waals surface area contributed by atoms with Gasteiger partial charge < -0.3 is 10.2 Å². The number of carbonyl (C=O) groups is 1. The van der Waals surface area contributed by atoms with Crippen molar-refractivity contribution >= 4 is 39.7 Å². The molecule has 114 valence electrons. The van der Waals surface area contributed by atoms with E-state index in [-0.39, 0.29) is 24.1 Å². The molecule has 1 aliphatic rings. The quantitative estimate of drug-likeness (QED) is 0.917. The van der Waals surface area contributed by atoms with Crippen LogP contribution in [0.25, 0.3) is 10.1 Å². The number of halogens is 2. The third-order valence-electron chi connectivity index (χ3n) is 3.88. The molecule has 1 N–H and O–H groups in total. The Hall–Kier alpha value is -1.17. The van der Waals surface area contributed by atoms with E-state index in [1.54, 1.807) is 12.1 Å². The lowest BCUT2D eigenvalue weighted by Crippen LogP contribution is -2.43. The van der Waals surface area contributed by atoms with E-state index in [1.807, 2.05) is 11.9 Å². The summed E-state index contributed by atoms with van der Waals surface area (Å²) < 4.78 is 14.1. The van der Waals surface area contributed by atoms with Crippen LogP contribution in [-0.4, -0.2) is 37.0 Å². The highest BCUT2D eigenvalue weighted by atomic mass is 35.5. The number of hydrogen-bond donors (Lipinski definition) is 1. The number of fused-ring (bicyclic) bond motifs is 1. The summed E-state index contributed by atoms with van der Waals surface area (Å²) in [4.78, 5) is 15.1. The fourth-order valence-corrected chi connectivity index (χ4v) is 3.66. The Morgan fingerprint density at radius 1 is 1.33 bits per heavy atom. The molecule has 1 amide bonds. The Morgan fingerprint density at radius 3 is 2.71 bits per heavy atom. The summed E-state index contributed by atoms with van der Waals surface area (Å²) in [6.45, 7) is 1.57.